The fourth-order valence-corrected chi connectivity index (χ4v) is 3.47. The molecule has 1 heterocycles. The average Bonchev–Trinajstić information content (AvgIpc) is 2.72. The number of rotatable bonds is 7. The molecule has 0 radical (unpaired) electrons. The van der Waals surface area contributed by atoms with Gasteiger partial charge in [-0.2, -0.15) is 0 Å². The van der Waals surface area contributed by atoms with Crippen molar-refractivity contribution in [3.8, 4) is 11.5 Å². The number of carbonyl (C=O) groups is 1. The monoisotopic (exact) mass is 403 g/mol. The fourth-order valence-electron chi connectivity index (χ4n) is 3.29. The molecule has 3 rings (SSSR count). The van der Waals surface area contributed by atoms with Crippen LogP contribution in [0.1, 0.15) is 5.56 Å². The van der Waals surface area contributed by atoms with Crippen LogP contribution < -0.4 is 19.7 Å². The minimum atomic E-state index is 0.0194. The van der Waals surface area contributed by atoms with Crippen molar-refractivity contribution in [3.63, 3.8) is 0 Å². The molecule has 1 amide bonds. The highest BCUT2D eigenvalue weighted by atomic mass is 35.5. The number of hydrogen-bond donors (Lipinski definition) is 1. The molecule has 1 aliphatic heterocycles. The van der Waals surface area contributed by atoms with Crippen LogP contribution in [-0.4, -0.2) is 57.8 Å². The van der Waals surface area contributed by atoms with Gasteiger partial charge in [0.25, 0.3) is 0 Å². The Kier molecular flexibility index (Phi) is 7.01. The zero-order valence-electron chi connectivity index (χ0n) is 16.3. The van der Waals surface area contributed by atoms with Crippen LogP contribution in [-0.2, 0) is 11.3 Å². The SMILES string of the molecule is COc1ccc(CNC(=O)CN2CCN(c3cccc(Cl)c3)CC2)cc1OC. The van der Waals surface area contributed by atoms with E-state index in [1.165, 1.54) is 0 Å². The van der Waals surface area contributed by atoms with Crippen LogP contribution in [0.15, 0.2) is 42.5 Å². The summed E-state index contributed by atoms with van der Waals surface area (Å²) in [7, 11) is 3.20. The second kappa shape index (κ2) is 9.66. The molecule has 0 aliphatic carbocycles. The molecule has 1 saturated heterocycles. The summed E-state index contributed by atoms with van der Waals surface area (Å²) in [5, 5.41) is 3.72. The smallest absolute Gasteiger partial charge is 0.234 e. The molecule has 0 saturated carbocycles. The lowest BCUT2D eigenvalue weighted by molar-refractivity contribution is -0.122. The minimum Gasteiger partial charge on any atom is -0.493 e. The standard InChI is InChI=1S/C21H26ClN3O3/c1-27-19-7-6-16(12-20(19)28-2)14-23-21(26)15-24-8-10-25(11-9-24)18-5-3-4-17(22)13-18/h3-7,12-13H,8-11,14-15H2,1-2H3,(H,23,26). The highest BCUT2D eigenvalue weighted by molar-refractivity contribution is 6.30. The maximum absolute atomic E-state index is 12.3. The van der Waals surface area contributed by atoms with Gasteiger partial charge in [-0.05, 0) is 35.9 Å². The fraction of sp³-hybridized carbons (Fsp3) is 0.381. The van der Waals surface area contributed by atoms with Gasteiger partial charge >= 0.3 is 0 Å². The van der Waals surface area contributed by atoms with E-state index in [1.807, 2.05) is 36.4 Å². The predicted octanol–water partition coefficient (Wildman–Crippen LogP) is 2.80. The molecule has 0 spiro atoms. The Morgan fingerprint density at radius 1 is 1.04 bits per heavy atom. The first kappa shape index (κ1) is 20.3. The van der Waals surface area contributed by atoms with Gasteiger partial charge < -0.3 is 19.7 Å². The second-order valence-electron chi connectivity index (χ2n) is 6.71. The number of hydrogen-bond acceptors (Lipinski definition) is 5. The van der Waals surface area contributed by atoms with E-state index < -0.39 is 0 Å². The molecule has 0 bridgehead atoms. The molecule has 6 nitrogen and oxygen atoms in total. The number of methoxy groups -OCH3 is 2. The van der Waals surface area contributed by atoms with Gasteiger partial charge in [-0.3, -0.25) is 9.69 Å². The van der Waals surface area contributed by atoms with Crippen molar-refractivity contribution in [2.24, 2.45) is 0 Å². The van der Waals surface area contributed by atoms with Crippen molar-refractivity contribution in [2.45, 2.75) is 6.54 Å². The lowest BCUT2D eigenvalue weighted by Gasteiger charge is -2.35. The predicted molar refractivity (Wildman–Crippen MR) is 111 cm³/mol. The molecule has 0 atom stereocenters. The van der Waals surface area contributed by atoms with Crippen LogP contribution in [0.2, 0.25) is 5.02 Å². The van der Waals surface area contributed by atoms with E-state index in [0.29, 0.717) is 24.6 Å². The van der Waals surface area contributed by atoms with Gasteiger partial charge in [0.05, 0.1) is 20.8 Å². The molecule has 1 N–H and O–H groups in total. The van der Waals surface area contributed by atoms with Crippen LogP contribution in [0.25, 0.3) is 0 Å². The topological polar surface area (TPSA) is 54.0 Å². The van der Waals surface area contributed by atoms with E-state index >= 15 is 0 Å². The van der Waals surface area contributed by atoms with Gasteiger partial charge in [-0.1, -0.05) is 23.7 Å². The number of anilines is 1. The van der Waals surface area contributed by atoms with E-state index in [4.69, 9.17) is 21.1 Å². The quantitative estimate of drug-likeness (QED) is 0.770. The molecule has 1 fully saturated rings. The number of nitrogens with zero attached hydrogens (tertiary/aromatic N) is 2. The summed E-state index contributed by atoms with van der Waals surface area (Å²) in [5.41, 5.74) is 2.10. The van der Waals surface area contributed by atoms with Crippen molar-refractivity contribution in [2.75, 3.05) is 51.8 Å². The third-order valence-corrected chi connectivity index (χ3v) is 5.09. The van der Waals surface area contributed by atoms with Crippen LogP contribution in [0.3, 0.4) is 0 Å². The first-order valence-corrected chi connectivity index (χ1v) is 9.67. The third-order valence-electron chi connectivity index (χ3n) is 4.85. The van der Waals surface area contributed by atoms with Crippen molar-refractivity contribution >= 4 is 23.2 Å². The van der Waals surface area contributed by atoms with E-state index in [-0.39, 0.29) is 5.91 Å². The number of halogens is 1. The highest BCUT2D eigenvalue weighted by Gasteiger charge is 2.19. The Morgan fingerprint density at radius 2 is 1.79 bits per heavy atom. The van der Waals surface area contributed by atoms with Gasteiger partial charge in [0.15, 0.2) is 11.5 Å². The van der Waals surface area contributed by atoms with Crippen molar-refractivity contribution in [1.29, 1.82) is 0 Å². The molecule has 28 heavy (non-hydrogen) atoms. The maximum atomic E-state index is 12.3. The summed E-state index contributed by atoms with van der Waals surface area (Å²) in [5.74, 6) is 1.35. The highest BCUT2D eigenvalue weighted by Crippen LogP contribution is 2.27. The van der Waals surface area contributed by atoms with Gasteiger partial charge in [0, 0.05) is 43.4 Å². The summed E-state index contributed by atoms with van der Waals surface area (Å²) in [4.78, 5) is 16.8. The Labute approximate surface area is 171 Å². The summed E-state index contributed by atoms with van der Waals surface area (Å²) in [6.45, 7) is 4.30. The number of piperazine rings is 1. The number of ether oxygens (including phenoxy) is 2. The second-order valence-corrected chi connectivity index (χ2v) is 7.15. The van der Waals surface area contributed by atoms with E-state index in [1.54, 1.807) is 14.2 Å². The molecule has 150 valence electrons. The third kappa shape index (κ3) is 5.30. The largest absolute Gasteiger partial charge is 0.493 e. The maximum Gasteiger partial charge on any atom is 0.234 e. The van der Waals surface area contributed by atoms with Gasteiger partial charge in [0.1, 0.15) is 0 Å². The van der Waals surface area contributed by atoms with E-state index in [2.05, 4.69) is 21.2 Å². The van der Waals surface area contributed by atoms with Crippen LogP contribution in [0.5, 0.6) is 11.5 Å². The zero-order valence-corrected chi connectivity index (χ0v) is 17.0. The summed E-state index contributed by atoms with van der Waals surface area (Å²) in [6.07, 6.45) is 0. The molecule has 0 unspecified atom stereocenters. The Balaban J connectivity index is 1.45. The minimum absolute atomic E-state index is 0.0194. The molecule has 2 aromatic carbocycles. The van der Waals surface area contributed by atoms with Crippen molar-refractivity contribution in [3.05, 3.63) is 53.1 Å². The molecule has 0 aromatic heterocycles. The first-order chi connectivity index (χ1) is 13.6. The number of nitrogens with one attached hydrogen (secondary N) is 1. The summed E-state index contributed by atoms with van der Waals surface area (Å²) >= 11 is 6.08. The molecule has 2 aromatic rings. The average molecular weight is 404 g/mol. The normalized spacial score (nSPS) is 14.6. The zero-order chi connectivity index (χ0) is 19.9. The number of benzene rings is 2. The first-order valence-electron chi connectivity index (χ1n) is 9.29. The van der Waals surface area contributed by atoms with Gasteiger partial charge in [-0.25, -0.2) is 0 Å². The molecular weight excluding hydrogens is 378 g/mol. The summed E-state index contributed by atoms with van der Waals surface area (Å²) < 4.78 is 10.5. The molecular formula is C21H26ClN3O3. The number of carbonyl (C=O) groups excluding carboxylic acids is 1. The van der Waals surface area contributed by atoms with E-state index in [9.17, 15) is 4.79 Å². The Bertz CT molecular complexity index is 807. The van der Waals surface area contributed by atoms with E-state index in [0.717, 1.165) is 42.5 Å². The molecule has 1 aliphatic rings. The lowest BCUT2D eigenvalue weighted by atomic mass is 10.2. The Hall–Kier alpha value is -2.44. The summed E-state index contributed by atoms with van der Waals surface area (Å²) in [6, 6.07) is 13.5. The lowest BCUT2D eigenvalue weighted by Crippen LogP contribution is -2.49. The van der Waals surface area contributed by atoms with Crippen molar-refractivity contribution < 1.29 is 14.3 Å². The Morgan fingerprint density at radius 3 is 2.46 bits per heavy atom. The van der Waals surface area contributed by atoms with Gasteiger partial charge in [-0.15, -0.1) is 0 Å². The number of amides is 1. The van der Waals surface area contributed by atoms with Gasteiger partial charge in [0.2, 0.25) is 5.91 Å². The van der Waals surface area contributed by atoms with Crippen molar-refractivity contribution in [1.82, 2.24) is 10.2 Å². The van der Waals surface area contributed by atoms with Crippen LogP contribution in [0.4, 0.5) is 5.69 Å². The van der Waals surface area contributed by atoms with Crippen LogP contribution in [0, 0.1) is 0 Å². The van der Waals surface area contributed by atoms with Crippen LogP contribution >= 0.6 is 11.6 Å². The molecule has 7 heteroatoms.